The van der Waals surface area contributed by atoms with Gasteiger partial charge in [-0.1, -0.05) is 5.04 Å². The Hall–Kier alpha value is 0.190. The van der Waals surface area contributed by atoms with Crippen LogP contribution < -0.4 is 0 Å². The number of ether oxygens (including phenoxy) is 1. The summed E-state index contributed by atoms with van der Waals surface area (Å²) in [6, 6.07) is 0. The minimum atomic E-state index is 0.696. The third-order valence-corrected chi connectivity index (χ3v) is 1.27. The van der Waals surface area contributed by atoms with E-state index in [2.05, 4.69) is 9.37 Å². The normalized spacial score (nSPS) is 10.0. The van der Waals surface area contributed by atoms with Crippen molar-refractivity contribution in [1.82, 2.24) is 0 Å². The van der Waals surface area contributed by atoms with Crippen LogP contribution in [0.2, 0.25) is 0 Å². The maximum absolute atomic E-state index is 7.65. The zero-order chi connectivity index (χ0) is 6.95. The van der Waals surface area contributed by atoms with E-state index in [4.69, 9.17) is 9.99 Å². The van der Waals surface area contributed by atoms with E-state index in [9.17, 15) is 0 Å². The fourth-order valence-corrected chi connectivity index (χ4v) is 0.665. The van der Waals surface area contributed by atoms with Crippen LogP contribution in [0, 0.1) is 0 Å². The fourth-order valence-electron chi connectivity index (χ4n) is 0.318. The molecular weight excluding hydrogens is 144 g/mol. The fraction of sp³-hybridized carbons (Fsp3) is 1.00. The zero-order valence-corrected chi connectivity index (χ0v) is 6.02. The van der Waals surface area contributed by atoms with Crippen molar-refractivity contribution >= 4 is 12.0 Å². The summed E-state index contributed by atoms with van der Waals surface area (Å²) in [5, 5.41) is 11.0. The van der Waals surface area contributed by atoms with Crippen LogP contribution in [0.5, 0.6) is 0 Å². The summed E-state index contributed by atoms with van der Waals surface area (Å²) >= 11 is 1.04. The average Bonchev–Trinajstić information content (AvgIpc) is 1.89. The van der Waals surface area contributed by atoms with Gasteiger partial charge in [0, 0.05) is 31.5 Å². The first kappa shape index (κ1) is 9.19. The highest BCUT2D eigenvalue weighted by Gasteiger charge is 1.88. The smallest absolute Gasteiger partial charge is 0.0470 e. The molecule has 9 heavy (non-hydrogen) atoms. The molecule has 0 amide bonds. The Kier molecular flexibility index (Phi) is 8.36. The Morgan fingerprint density at radius 3 is 2.89 bits per heavy atom. The molecule has 4 nitrogen and oxygen atoms in total. The summed E-state index contributed by atoms with van der Waals surface area (Å²) in [4.78, 5) is 0. The molecule has 0 atom stereocenters. The van der Waals surface area contributed by atoms with Gasteiger partial charge in [0.1, 0.15) is 0 Å². The number of hydrogen-bond acceptors (Lipinski definition) is 5. The van der Waals surface area contributed by atoms with Gasteiger partial charge >= 0.3 is 0 Å². The van der Waals surface area contributed by atoms with Gasteiger partial charge in [-0.15, -0.1) is 4.33 Å². The van der Waals surface area contributed by atoms with Crippen molar-refractivity contribution in [2.24, 2.45) is 0 Å². The van der Waals surface area contributed by atoms with Gasteiger partial charge in [0.2, 0.25) is 0 Å². The Labute approximate surface area is 58.2 Å². The second kappa shape index (κ2) is 8.19. The molecule has 0 heterocycles. The van der Waals surface area contributed by atoms with Crippen LogP contribution in [-0.4, -0.2) is 24.7 Å². The van der Waals surface area contributed by atoms with Gasteiger partial charge in [-0.25, -0.2) is 5.26 Å². The van der Waals surface area contributed by atoms with E-state index in [0.29, 0.717) is 6.61 Å². The predicted octanol–water partition coefficient (Wildman–Crippen LogP) is 1.09. The van der Waals surface area contributed by atoms with E-state index in [1.54, 1.807) is 7.11 Å². The highest BCUT2D eigenvalue weighted by Crippen LogP contribution is 2.02. The molecule has 0 aliphatic heterocycles. The molecule has 0 radical (unpaired) electrons. The average molecular weight is 154 g/mol. The monoisotopic (exact) mass is 154 g/mol. The van der Waals surface area contributed by atoms with Crippen LogP contribution >= 0.6 is 12.0 Å². The number of methoxy groups -OCH3 is 1. The summed E-state index contributed by atoms with van der Waals surface area (Å²) in [7, 11) is 1.63. The van der Waals surface area contributed by atoms with E-state index >= 15 is 0 Å². The predicted molar refractivity (Wildman–Crippen MR) is 33.7 cm³/mol. The van der Waals surface area contributed by atoms with Gasteiger partial charge in [-0.05, 0) is 6.42 Å². The molecule has 56 valence electrons. The molecule has 1 N–H and O–H groups in total. The van der Waals surface area contributed by atoms with Crippen LogP contribution in [0.4, 0.5) is 0 Å². The maximum Gasteiger partial charge on any atom is 0.0470 e. The summed E-state index contributed by atoms with van der Waals surface area (Å²) in [5.74, 6) is 0.744. The molecule has 0 aromatic carbocycles. The standard InChI is InChI=1S/C4H10O4S/c1-6-3-2-4-9-8-7-5/h5H,2-4H2,1H3. The van der Waals surface area contributed by atoms with Crippen molar-refractivity contribution in [3.8, 4) is 0 Å². The number of hydrogen-bond donors (Lipinski definition) is 1. The second-order valence-electron chi connectivity index (χ2n) is 1.31. The van der Waals surface area contributed by atoms with Crippen molar-refractivity contribution in [2.75, 3.05) is 19.5 Å². The van der Waals surface area contributed by atoms with Gasteiger partial charge in [0.05, 0.1) is 0 Å². The SMILES string of the molecule is COCCCSOOO. The molecule has 5 heteroatoms. The summed E-state index contributed by atoms with van der Waals surface area (Å²) in [6.45, 7) is 0.696. The Bertz CT molecular complexity index is 45.8. The first-order valence-corrected chi connectivity index (χ1v) is 3.41. The van der Waals surface area contributed by atoms with Crippen molar-refractivity contribution in [3.05, 3.63) is 0 Å². The minimum absolute atomic E-state index is 0.696. The van der Waals surface area contributed by atoms with Gasteiger partial charge in [-0.3, -0.25) is 0 Å². The van der Waals surface area contributed by atoms with Gasteiger partial charge < -0.3 is 4.74 Å². The lowest BCUT2D eigenvalue weighted by Gasteiger charge is -1.95. The zero-order valence-electron chi connectivity index (χ0n) is 5.20. The molecule has 0 spiro atoms. The molecule has 0 aromatic rings. The molecule has 0 unspecified atom stereocenters. The molecule has 0 saturated heterocycles. The van der Waals surface area contributed by atoms with E-state index in [1.807, 2.05) is 0 Å². The number of rotatable bonds is 6. The molecule has 0 aliphatic carbocycles. The summed E-state index contributed by atoms with van der Waals surface area (Å²) < 4.78 is 8.85. The topological polar surface area (TPSA) is 47.9 Å². The lowest BCUT2D eigenvalue weighted by Crippen LogP contribution is -1.90. The van der Waals surface area contributed by atoms with E-state index < -0.39 is 0 Å². The molecule has 0 bridgehead atoms. The summed E-state index contributed by atoms with van der Waals surface area (Å²) in [6.07, 6.45) is 0.879. The lowest BCUT2D eigenvalue weighted by atomic mass is 10.5. The van der Waals surface area contributed by atoms with Gasteiger partial charge in [0.25, 0.3) is 0 Å². The largest absolute Gasteiger partial charge is 0.385 e. The highest BCUT2D eigenvalue weighted by molar-refractivity contribution is 7.94. The highest BCUT2D eigenvalue weighted by atomic mass is 32.2. The second-order valence-corrected chi connectivity index (χ2v) is 2.09. The van der Waals surface area contributed by atoms with Crippen molar-refractivity contribution in [3.63, 3.8) is 0 Å². The lowest BCUT2D eigenvalue weighted by molar-refractivity contribution is -0.432. The molecule has 0 fully saturated rings. The molecule has 0 saturated carbocycles. The molecular formula is C4H10O4S. The van der Waals surface area contributed by atoms with Crippen molar-refractivity contribution in [2.45, 2.75) is 6.42 Å². The Morgan fingerprint density at radius 2 is 2.33 bits per heavy atom. The summed E-state index contributed by atoms with van der Waals surface area (Å²) in [5.41, 5.74) is 0. The van der Waals surface area contributed by atoms with Gasteiger partial charge in [-0.2, -0.15) is 0 Å². The minimum Gasteiger partial charge on any atom is -0.385 e. The Morgan fingerprint density at radius 1 is 1.56 bits per heavy atom. The third kappa shape index (κ3) is 8.19. The van der Waals surface area contributed by atoms with Crippen LogP contribution in [0.25, 0.3) is 0 Å². The quantitative estimate of drug-likeness (QED) is 0.268. The van der Waals surface area contributed by atoms with Crippen LogP contribution in [0.3, 0.4) is 0 Å². The van der Waals surface area contributed by atoms with Crippen LogP contribution in [0.15, 0.2) is 0 Å². The van der Waals surface area contributed by atoms with E-state index in [1.165, 1.54) is 0 Å². The first-order valence-electron chi connectivity index (χ1n) is 2.50. The Balaban J connectivity index is 2.60. The van der Waals surface area contributed by atoms with Gasteiger partial charge in [0.15, 0.2) is 0 Å². The van der Waals surface area contributed by atoms with Crippen LogP contribution in [0.1, 0.15) is 6.42 Å². The molecule has 0 aliphatic rings. The van der Waals surface area contributed by atoms with Crippen molar-refractivity contribution < 1.29 is 19.4 Å². The molecule has 0 aromatic heterocycles. The third-order valence-electron chi connectivity index (χ3n) is 0.655. The van der Waals surface area contributed by atoms with Crippen molar-refractivity contribution in [1.29, 1.82) is 0 Å². The van der Waals surface area contributed by atoms with E-state index in [0.717, 1.165) is 24.2 Å². The maximum atomic E-state index is 7.65. The van der Waals surface area contributed by atoms with E-state index in [-0.39, 0.29) is 0 Å². The molecule has 0 rings (SSSR count). The van der Waals surface area contributed by atoms with Crippen LogP contribution in [-0.2, 0) is 14.1 Å². The first-order chi connectivity index (χ1) is 4.41.